The van der Waals surface area contributed by atoms with Gasteiger partial charge in [0.25, 0.3) is 0 Å². The summed E-state index contributed by atoms with van der Waals surface area (Å²) in [5.74, 6) is -0.330. The van der Waals surface area contributed by atoms with Crippen LogP contribution in [0.15, 0.2) is 0 Å². The lowest BCUT2D eigenvalue weighted by atomic mass is 10.1. The van der Waals surface area contributed by atoms with Crippen molar-refractivity contribution in [2.24, 2.45) is 5.73 Å². The number of amides is 2. The Hall–Kier alpha value is -0.810. The minimum atomic E-state index is -0.513. The molecule has 4 N–H and O–H groups in total. The van der Waals surface area contributed by atoms with Crippen LogP contribution in [-0.4, -0.2) is 30.4 Å². The van der Waals surface area contributed by atoms with Crippen molar-refractivity contribution in [2.45, 2.75) is 44.7 Å². The van der Waals surface area contributed by atoms with E-state index in [2.05, 4.69) is 10.6 Å². The predicted octanol–water partition coefficient (Wildman–Crippen LogP) is -0.0696. The third kappa shape index (κ3) is 4.37. The Balaban J connectivity index is 0.00000225. The SMILES string of the molecule is CC[C@H](N)C(=O)NC1CCCCNC1=O.Cl. The van der Waals surface area contributed by atoms with Crippen LogP contribution in [0.4, 0.5) is 0 Å². The van der Waals surface area contributed by atoms with E-state index >= 15 is 0 Å². The van der Waals surface area contributed by atoms with Gasteiger partial charge in [0.2, 0.25) is 11.8 Å². The Bertz CT molecular complexity index is 248. The maximum atomic E-state index is 11.5. The maximum Gasteiger partial charge on any atom is 0.242 e. The molecule has 0 aliphatic carbocycles. The molecule has 2 amide bonds. The Labute approximate surface area is 102 Å². The molecule has 0 aromatic heterocycles. The molecule has 1 aliphatic rings. The van der Waals surface area contributed by atoms with Gasteiger partial charge >= 0.3 is 0 Å². The highest BCUT2D eigenvalue weighted by Crippen LogP contribution is 2.05. The van der Waals surface area contributed by atoms with E-state index in [0.29, 0.717) is 19.4 Å². The molecule has 0 aromatic rings. The van der Waals surface area contributed by atoms with E-state index in [4.69, 9.17) is 5.73 Å². The second-order valence-electron chi connectivity index (χ2n) is 3.86. The molecule has 0 spiro atoms. The van der Waals surface area contributed by atoms with Crippen LogP contribution in [-0.2, 0) is 9.59 Å². The number of rotatable bonds is 3. The molecular formula is C10H20ClN3O2. The van der Waals surface area contributed by atoms with Gasteiger partial charge < -0.3 is 16.4 Å². The normalized spacial score (nSPS) is 22.4. The Morgan fingerprint density at radius 2 is 2.31 bits per heavy atom. The molecule has 1 aliphatic heterocycles. The summed E-state index contributed by atoms with van der Waals surface area (Å²) in [5, 5.41) is 5.45. The predicted molar refractivity (Wildman–Crippen MR) is 64.3 cm³/mol. The van der Waals surface area contributed by atoms with E-state index < -0.39 is 12.1 Å². The third-order valence-electron chi connectivity index (χ3n) is 2.63. The standard InChI is InChI=1S/C10H19N3O2.ClH/c1-2-7(11)9(14)13-8-5-3-4-6-12-10(8)15;/h7-8H,2-6,11H2,1H3,(H,12,15)(H,13,14);1H/t7-,8?;/m0./s1. The molecule has 94 valence electrons. The number of carbonyl (C=O) groups excluding carboxylic acids is 2. The van der Waals surface area contributed by atoms with Gasteiger partial charge in [0.1, 0.15) is 6.04 Å². The average molecular weight is 250 g/mol. The minimum Gasteiger partial charge on any atom is -0.354 e. The molecule has 1 fully saturated rings. The number of halogens is 1. The quantitative estimate of drug-likeness (QED) is 0.655. The fourth-order valence-electron chi connectivity index (χ4n) is 1.54. The smallest absolute Gasteiger partial charge is 0.242 e. The first-order valence-electron chi connectivity index (χ1n) is 5.48. The van der Waals surface area contributed by atoms with Crippen LogP contribution in [0.5, 0.6) is 0 Å². The molecule has 2 atom stereocenters. The summed E-state index contributed by atoms with van der Waals surface area (Å²) in [6.45, 7) is 2.54. The van der Waals surface area contributed by atoms with Gasteiger partial charge in [-0.3, -0.25) is 9.59 Å². The summed E-state index contributed by atoms with van der Waals surface area (Å²) in [7, 11) is 0. The van der Waals surface area contributed by atoms with E-state index in [1.54, 1.807) is 0 Å². The summed E-state index contributed by atoms with van der Waals surface area (Å²) in [5.41, 5.74) is 5.57. The Morgan fingerprint density at radius 3 is 2.94 bits per heavy atom. The van der Waals surface area contributed by atoms with Crippen LogP contribution >= 0.6 is 12.4 Å². The molecule has 0 bridgehead atoms. The molecule has 1 rings (SSSR count). The zero-order valence-electron chi connectivity index (χ0n) is 9.49. The van der Waals surface area contributed by atoms with Crippen molar-refractivity contribution < 1.29 is 9.59 Å². The third-order valence-corrected chi connectivity index (χ3v) is 2.63. The van der Waals surface area contributed by atoms with Gasteiger partial charge in [-0.05, 0) is 25.7 Å². The van der Waals surface area contributed by atoms with Crippen LogP contribution in [0.25, 0.3) is 0 Å². The molecule has 1 heterocycles. The van der Waals surface area contributed by atoms with Crippen molar-refractivity contribution in [3.05, 3.63) is 0 Å². The summed E-state index contributed by atoms with van der Waals surface area (Å²) in [4.78, 5) is 23.0. The number of hydrogen-bond acceptors (Lipinski definition) is 3. The lowest BCUT2D eigenvalue weighted by Gasteiger charge is -2.17. The van der Waals surface area contributed by atoms with Gasteiger partial charge in [0.05, 0.1) is 6.04 Å². The Morgan fingerprint density at radius 1 is 1.62 bits per heavy atom. The van der Waals surface area contributed by atoms with Gasteiger partial charge in [-0.2, -0.15) is 0 Å². The highest BCUT2D eigenvalue weighted by Gasteiger charge is 2.23. The summed E-state index contributed by atoms with van der Waals surface area (Å²) < 4.78 is 0. The second kappa shape index (κ2) is 7.46. The largest absolute Gasteiger partial charge is 0.354 e. The van der Waals surface area contributed by atoms with Gasteiger partial charge in [-0.15, -0.1) is 12.4 Å². The summed E-state index contributed by atoms with van der Waals surface area (Å²) in [6.07, 6.45) is 3.21. The first-order valence-corrected chi connectivity index (χ1v) is 5.48. The molecule has 1 saturated heterocycles. The van der Waals surface area contributed by atoms with Crippen molar-refractivity contribution in [1.29, 1.82) is 0 Å². The molecule has 0 radical (unpaired) electrons. The number of hydrogen-bond donors (Lipinski definition) is 3. The van der Waals surface area contributed by atoms with Crippen LogP contribution in [0.3, 0.4) is 0 Å². The van der Waals surface area contributed by atoms with Gasteiger partial charge in [-0.25, -0.2) is 0 Å². The summed E-state index contributed by atoms with van der Waals surface area (Å²) >= 11 is 0. The molecule has 0 aromatic carbocycles. The fourth-order valence-corrected chi connectivity index (χ4v) is 1.54. The van der Waals surface area contributed by atoms with E-state index in [1.807, 2.05) is 6.92 Å². The van der Waals surface area contributed by atoms with Gasteiger partial charge in [0.15, 0.2) is 0 Å². The summed E-state index contributed by atoms with van der Waals surface area (Å²) in [6, 6.07) is -0.918. The monoisotopic (exact) mass is 249 g/mol. The number of carbonyl (C=O) groups is 2. The van der Waals surface area contributed by atoms with Crippen molar-refractivity contribution in [2.75, 3.05) is 6.54 Å². The second-order valence-corrected chi connectivity index (χ2v) is 3.86. The molecule has 1 unspecified atom stereocenters. The van der Waals surface area contributed by atoms with Crippen molar-refractivity contribution in [3.8, 4) is 0 Å². The number of nitrogens with two attached hydrogens (primary N) is 1. The topological polar surface area (TPSA) is 84.2 Å². The van der Waals surface area contributed by atoms with Crippen molar-refractivity contribution >= 4 is 24.2 Å². The molecule has 16 heavy (non-hydrogen) atoms. The molecule has 0 saturated carbocycles. The highest BCUT2D eigenvalue weighted by atomic mass is 35.5. The maximum absolute atomic E-state index is 11.5. The lowest BCUT2D eigenvalue weighted by molar-refractivity contribution is -0.129. The van der Waals surface area contributed by atoms with E-state index in [9.17, 15) is 9.59 Å². The highest BCUT2D eigenvalue weighted by molar-refractivity contribution is 5.89. The van der Waals surface area contributed by atoms with E-state index in [0.717, 1.165) is 12.8 Å². The van der Waals surface area contributed by atoms with Crippen molar-refractivity contribution in [1.82, 2.24) is 10.6 Å². The van der Waals surface area contributed by atoms with E-state index in [-0.39, 0.29) is 24.2 Å². The molecular weight excluding hydrogens is 230 g/mol. The van der Waals surface area contributed by atoms with Crippen LogP contribution in [0.1, 0.15) is 32.6 Å². The van der Waals surface area contributed by atoms with Gasteiger partial charge in [0, 0.05) is 6.54 Å². The zero-order chi connectivity index (χ0) is 11.3. The lowest BCUT2D eigenvalue weighted by Crippen LogP contribution is -2.50. The zero-order valence-corrected chi connectivity index (χ0v) is 10.3. The Kier molecular flexibility index (Phi) is 7.08. The fraction of sp³-hybridized carbons (Fsp3) is 0.800. The van der Waals surface area contributed by atoms with Crippen molar-refractivity contribution in [3.63, 3.8) is 0 Å². The first-order chi connectivity index (χ1) is 7.15. The minimum absolute atomic E-state index is 0. The van der Waals surface area contributed by atoms with E-state index in [1.165, 1.54) is 0 Å². The first kappa shape index (κ1) is 15.2. The van der Waals surface area contributed by atoms with Gasteiger partial charge in [-0.1, -0.05) is 6.92 Å². The van der Waals surface area contributed by atoms with Crippen LogP contribution in [0, 0.1) is 0 Å². The van der Waals surface area contributed by atoms with Crippen LogP contribution < -0.4 is 16.4 Å². The molecule has 6 heteroatoms. The van der Waals surface area contributed by atoms with Crippen LogP contribution in [0.2, 0.25) is 0 Å². The molecule has 5 nitrogen and oxygen atoms in total. The number of nitrogens with one attached hydrogen (secondary N) is 2. The average Bonchev–Trinajstić information content (AvgIpc) is 2.43.